The molecular weight excluding hydrogens is 242 g/mol. The Labute approximate surface area is 114 Å². The molecule has 0 radical (unpaired) electrons. The number of benzene rings is 1. The standard InChI is InChI=1S/C14H23N3O2/c1-3-17(11-9-14(15)16-18)10-8-12-4-6-13(19-2)7-5-12/h4-7,18H,3,8-11H2,1-2H3,(H2,15,16). The van der Waals surface area contributed by atoms with E-state index in [0.29, 0.717) is 6.42 Å². The lowest BCUT2D eigenvalue weighted by Gasteiger charge is -2.19. The highest BCUT2D eigenvalue weighted by atomic mass is 16.5. The second-order valence-electron chi connectivity index (χ2n) is 4.37. The quantitative estimate of drug-likeness (QED) is 0.325. The fourth-order valence-corrected chi connectivity index (χ4v) is 1.83. The molecule has 0 amide bonds. The maximum Gasteiger partial charge on any atom is 0.140 e. The minimum absolute atomic E-state index is 0.280. The number of oxime groups is 1. The first-order valence-electron chi connectivity index (χ1n) is 6.51. The molecule has 3 N–H and O–H groups in total. The predicted octanol–water partition coefficient (Wildman–Crippen LogP) is 1.70. The highest BCUT2D eigenvalue weighted by Crippen LogP contribution is 2.12. The second-order valence-corrected chi connectivity index (χ2v) is 4.37. The van der Waals surface area contributed by atoms with Crippen molar-refractivity contribution in [2.45, 2.75) is 19.8 Å². The lowest BCUT2D eigenvalue weighted by molar-refractivity contribution is 0.292. The monoisotopic (exact) mass is 265 g/mol. The van der Waals surface area contributed by atoms with Crippen LogP contribution in [0.2, 0.25) is 0 Å². The summed E-state index contributed by atoms with van der Waals surface area (Å²) in [5.74, 6) is 1.16. The molecule has 0 unspecified atom stereocenters. The zero-order valence-electron chi connectivity index (χ0n) is 11.7. The Morgan fingerprint density at radius 3 is 2.53 bits per heavy atom. The minimum Gasteiger partial charge on any atom is -0.497 e. The molecule has 106 valence electrons. The van der Waals surface area contributed by atoms with Crippen molar-refractivity contribution in [1.29, 1.82) is 0 Å². The fourth-order valence-electron chi connectivity index (χ4n) is 1.83. The van der Waals surface area contributed by atoms with Gasteiger partial charge in [-0.25, -0.2) is 0 Å². The van der Waals surface area contributed by atoms with Crippen LogP contribution in [0, 0.1) is 0 Å². The lowest BCUT2D eigenvalue weighted by Crippen LogP contribution is -2.30. The van der Waals surface area contributed by atoms with Crippen LogP contribution in [-0.2, 0) is 6.42 Å². The van der Waals surface area contributed by atoms with Crippen molar-refractivity contribution in [2.24, 2.45) is 10.9 Å². The van der Waals surface area contributed by atoms with Crippen LogP contribution in [-0.4, -0.2) is 42.7 Å². The van der Waals surface area contributed by atoms with Gasteiger partial charge in [-0.2, -0.15) is 0 Å². The van der Waals surface area contributed by atoms with Crippen molar-refractivity contribution >= 4 is 5.84 Å². The van der Waals surface area contributed by atoms with Gasteiger partial charge in [0.1, 0.15) is 11.6 Å². The van der Waals surface area contributed by atoms with Crippen molar-refractivity contribution < 1.29 is 9.94 Å². The second kappa shape index (κ2) is 8.37. The van der Waals surface area contributed by atoms with Crippen LogP contribution >= 0.6 is 0 Å². The molecule has 0 saturated carbocycles. The lowest BCUT2D eigenvalue weighted by atomic mass is 10.1. The molecule has 5 nitrogen and oxygen atoms in total. The van der Waals surface area contributed by atoms with Gasteiger partial charge in [-0.15, -0.1) is 0 Å². The van der Waals surface area contributed by atoms with Crippen LogP contribution in [0.4, 0.5) is 0 Å². The summed E-state index contributed by atoms with van der Waals surface area (Å²) in [6.45, 7) is 4.83. The molecule has 0 heterocycles. The predicted molar refractivity (Wildman–Crippen MR) is 76.8 cm³/mol. The number of nitrogens with zero attached hydrogens (tertiary/aromatic N) is 2. The number of amidine groups is 1. The molecule has 0 saturated heterocycles. The first-order valence-corrected chi connectivity index (χ1v) is 6.51. The third kappa shape index (κ3) is 5.61. The zero-order valence-corrected chi connectivity index (χ0v) is 11.7. The SMILES string of the molecule is CCN(CC/C(N)=N/O)CCc1ccc(OC)cc1. The summed E-state index contributed by atoms with van der Waals surface area (Å²) in [4.78, 5) is 2.28. The summed E-state index contributed by atoms with van der Waals surface area (Å²) in [5.41, 5.74) is 6.76. The molecule has 0 fully saturated rings. The van der Waals surface area contributed by atoms with Gasteiger partial charge in [0.15, 0.2) is 0 Å². The number of likely N-dealkylation sites (N-methyl/N-ethyl adjacent to an activating group) is 1. The van der Waals surface area contributed by atoms with Crippen LogP contribution in [0.1, 0.15) is 18.9 Å². The Kier molecular flexibility index (Phi) is 6.74. The molecule has 5 heteroatoms. The van der Waals surface area contributed by atoms with E-state index in [1.807, 2.05) is 12.1 Å². The summed E-state index contributed by atoms with van der Waals surface area (Å²) in [6, 6.07) is 8.11. The van der Waals surface area contributed by atoms with Crippen LogP contribution in [0.5, 0.6) is 5.75 Å². The molecule has 19 heavy (non-hydrogen) atoms. The van der Waals surface area contributed by atoms with Gasteiger partial charge >= 0.3 is 0 Å². The first kappa shape index (κ1) is 15.3. The molecule has 0 spiro atoms. The third-order valence-electron chi connectivity index (χ3n) is 3.14. The smallest absolute Gasteiger partial charge is 0.140 e. The first-order chi connectivity index (χ1) is 9.19. The molecule has 1 aromatic carbocycles. The average Bonchev–Trinajstić information content (AvgIpc) is 2.47. The van der Waals surface area contributed by atoms with Crippen molar-refractivity contribution in [2.75, 3.05) is 26.7 Å². The average molecular weight is 265 g/mol. The van der Waals surface area contributed by atoms with E-state index in [9.17, 15) is 0 Å². The topological polar surface area (TPSA) is 71.1 Å². The van der Waals surface area contributed by atoms with Gasteiger partial charge in [0.2, 0.25) is 0 Å². The van der Waals surface area contributed by atoms with Gasteiger partial charge in [-0.3, -0.25) is 0 Å². The van der Waals surface area contributed by atoms with Crippen molar-refractivity contribution in [3.05, 3.63) is 29.8 Å². The number of hydrogen-bond donors (Lipinski definition) is 2. The Morgan fingerprint density at radius 2 is 2.00 bits per heavy atom. The maximum absolute atomic E-state index is 8.51. The van der Waals surface area contributed by atoms with E-state index in [0.717, 1.165) is 31.8 Å². The fraction of sp³-hybridized carbons (Fsp3) is 0.500. The third-order valence-corrected chi connectivity index (χ3v) is 3.14. The summed E-state index contributed by atoms with van der Waals surface area (Å²) in [7, 11) is 1.67. The van der Waals surface area contributed by atoms with Crippen LogP contribution < -0.4 is 10.5 Å². The van der Waals surface area contributed by atoms with E-state index in [4.69, 9.17) is 15.7 Å². The Balaban J connectivity index is 2.39. The normalized spacial score (nSPS) is 11.8. The summed E-state index contributed by atoms with van der Waals surface area (Å²) in [6.07, 6.45) is 1.57. The summed E-state index contributed by atoms with van der Waals surface area (Å²) < 4.78 is 5.13. The number of ether oxygens (including phenoxy) is 1. The highest BCUT2D eigenvalue weighted by molar-refractivity contribution is 5.79. The van der Waals surface area contributed by atoms with Crippen molar-refractivity contribution in [3.63, 3.8) is 0 Å². The van der Waals surface area contributed by atoms with E-state index in [2.05, 4.69) is 29.1 Å². The molecular formula is C14H23N3O2. The molecule has 0 bridgehead atoms. The highest BCUT2D eigenvalue weighted by Gasteiger charge is 2.04. The zero-order chi connectivity index (χ0) is 14.1. The van der Waals surface area contributed by atoms with E-state index in [-0.39, 0.29) is 5.84 Å². The summed E-state index contributed by atoms with van der Waals surface area (Å²) >= 11 is 0. The van der Waals surface area contributed by atoms with Crippen LogP contribution in [0.3, 0.4) is 0 Å². The van der Waals surface area contributed by atoms with Crippen LogP contribution in [0.15, 0.2) is 29.4 Å². The number of nitrogens with two attached hydrogens (primary N) is 1. The van der Waals surface area contributed by atoms with Crippen LogP contribution in [0.25, 0.3) is 0 Å². The molecule has 1 rings (SSSR count). The van der Waals surface area contributed by atoms with Gasteiger partial charge in [0.25, 0.3) is 0 Å². The van der Waals surface area contributed by atoms with E-state index in [1.165, 1.54) is 5.56 Å². The van der Waals surface area contributed by atoms with Crippen molar-refractivity contribution in [3.8, 4) is 5.75 Å². The van der Waals surface area contributed by atoms with Gasteiger partial charge in [-0.05, 0) is 30.7 Å². The molecule has 1 aromatic rings. The van der Waals surface area contributed by atoms with Gasteiger partial charge in [0, 0.05) is 19.5 Å². The number of hydrogen-bond acceptors (Lipinski definition) is 4. The van der Waals surface area contributed by atoms with Gasteiger partial charge < -0.3 is 20.6 Å². The largest absolute Gasteiger partial charge is 0.497 e. The maximum atomic E-state index is 8.51. The molecule has 0 atom stereocenters. The minimum atomic E-state index is 0.280. The van der Waals surface area contributed by atoms with E-state index >= 15 is 0 Å². The van der Waals surface area contributed by atoms with Crippen molar-refractivity contribution in [1.82, 2.24) is 4.90 Å². The van der Waals surface area contributed by atoms with E-state index < -0.39 is 0 Å². The Morgan fingerprint density at radius 1 is 1.32 bits per heavy atom. The Hall–Kier alpha value is -1.75. The number of rotatable bonds is 8. The molecule has 0 aliphatic carbocycles. The molecule has 0 aliphatic rings. The number of methoxy groups -OCH3 is 1. The van der Waals surface area contributed by atoms with Gasteiger partial charge in [-0.1, -0.05) is 24.2 Å². The van der Waals surface area contributed by atoms with Gasteiger partial charge in [0.05, 0.1) is 7.11 Å². The Bertz CT molecular complexity index is 390. The summed E-state index contributed by atoms with van der Waals surface area (Å²) in [5, 5.41) is 11.5. The van der Waals surface area contributed by atoms with E-state index in [1.54, 1.807) is 7.11 Å². The molecule has 0 aliphatic heterocycles. The molecule has 0 aromatic heterocycles.